The van der Waals surface area contributed by atoms with Gasteiger partial charge in [0.05, 0.1) is 5.54 Å². The summed E-state index contributed by atoms with van der Waals surface area (Å²) in [6.07, 6.45) is 1.58. The van der Waals surface area contributed by atoms with E-state index in [1.165, 1.54) is 4.90 Å². The number of carbonyl (C=O) groups is 3. The van der Waals surface area contributed by atoms with Gasteiger partial charge in [0, 0.05) is 13.0 Å². The average molecular weight is 404 g/mol. The third-order valence-electron chi connectivity index (χ3n) is 4.69. The normalized spacial score (nSPS) is 18.3. The van der Waals surface area contributed by atoms with E-state index >= 15 is 0 Å². The maximum absolute atomic E-state index is 13.4. The van der Waals surface area contributed by atoms with Crippen LogP contribution in [-0.4, -0.2) is 52.5 Å². The zero-order valence-electron chi connectivity index (χ0n) is 18.0. The Balaban J connectivity index is 2.22. The second kappa shape index (κ2) is 8.95. The van der Waals surface area contributed by atoms with Gasteiger partial charge in [-0.15, -0.1) is 0 Å². The number of rotatable bonds is 6. The zero-order chi connectivity index (χ0) is 21.8. The van der Waals surface area contributed by atoms with Gasteiger partial charge in [0.1, 0.15) is 17.7 Å². The highest BCUT2D eigenvalue weighted by Gasteiger charge is 2.40. The number of nitrogens with two attached hydrogens (primary N) is 1. The van der Waals surface area contributed by atoms with Gasteiger partial charge >= 0.3 is 5.97 Å². The van der Waals surface area contributed by atoms with E-state index in [-0.39, 0.29) is 5.91 Å². The number of hydrogen-bond donors (Lipinski definition) is 2. The first kappa shape index (κ1) is 22.9. The van der Waals surface area contributed by atoms with E-state index in [0.29, 0.717) is 25.8 Å². The first-order valence-corrected chi connectivity index (χ1v) is 10.1. The highest BCUT2D eigenvalue weighted by atomic mass is 16.6. The Hall–Kier alpha value is -2.41. The summed E-state index contributed by atoms with van der Waals surface area (Å²) in [5, 5.41) is 2.78. The van der Waals surface area contributed by atoms with Crippen molar-refractivity contribution < 1.29 is 19.1 Å². The Kier molecular flexibility index (Phi) is 7.06. The van der Waals surface area contributed by atoms with Gasteiger partial charge in [0.15, 0.2) is 0 Å². The minimum absolute atomic E-state index is 0.292. The molecule has 1 aliphatic rings. The van der Waals surface area contributed by atoms with Crippen molar-refractivity contribution in [3.63, 3.8) is 0 Å². The van der Waals surface area contributed by atoms with Crippen LogP contribution in [-0.2, 0) is 25.5 Å². The molecule has 3 N–H and O–H groups in total. The monoisotopic (exact) mass is 403 g/mol. The highest BCUT2D eigenvalue weighted by Crippen LogP contribution is 2.23. The fourth-order valence-corrected chi connectivity index (χ4v) is 3.24. The molecule has 1 unspecified atom stereocenters. The van der Waals surface area contributed by atoms with Crippen LogP contribution in [0.2, 0.25) is 0 Å². The van der Waals surface area contributed by atoms with Crippen LogP contribution < -0.4 is 11.1 Å². The van der Waals surface area contributed by atoms with Gasteiger partial charge in [-0.2, -0.15) is 0 Å². The van der Waals surface area contributed by atoms with Crippen molar-refractivity contribution in [2.75, 3.05) is 6.54 Å². The van der Waals surface area contributed by atoms with Gasteiger partial charge in [-0.25, -0.2) is 4.79 Å². The molecule has 2 rings (SSSR count). The molecule has 160 valence electrons. The molecule has 2 amide bonds. The van der Waals surface area contributed by atoms with Gasteiger partial charge < -0.3 is 20.7 Å². The molecule has 0 saturated carbocycles. The van der Waals surface area contributed by atoms with Crippen molar-refractivity contribution in [2.45, 2.75) is 77.1 Å². The number of hydrogen-bond acceptors (Lipinski definition) is 5. The molecule has 1 fully saturated rings. The maximum atomic E-state index is 13.4. The lowest BCUT2D eigenvalue weighted by molar-refractivity contribution is -0.163. The van der Waals surface area contributed by atoms with E-state index in [1.54, 1.807) is 34.6 Å². The van der Waals surface area contributed by atoms with Crippen molar-refractivity contribution in [3.05, 3.63) is 35.9 Å². The highest BCUT2D eigenvalue weighted by molar-refractivity contribution is 5.93. The lowest BCUT2D eigenvalue weighted by atomic mass is 10.0. The van der Waals surface area contributed by atoms with Gasteiger partial charge in [0.2, 0.25) is 11.8 Å². The number of ether oxygens (including phenoxy) is 1. The van der Waals surface area contributed by atoms with Crippen LogP contribution in [0.1, 0.15) is 53.0 Å². The Morgan fingerprint density at radius 3 is 2.34 bits per heavy atom. The van der Waals surface area contributed by atoms with Crippen molar-refractivity contribution in [1.82, 2.24) is 10.2 Å². The van der Waals surface area contributed by atoms with Crippen LogP contribution in [0.5, 0.6) is 0 Å². The van der Waals surface area contributed by atoms with Crippen LogP contribution in [0, 0.1) is 0 Å². The second-order valence-electron chi connectivity index (χ2n) is 9.16. The molecule has 1 aromatic rings. The van der Waals surface area contributed by atoms with E-state index in [0.717, 1.165) is 5.56 Å². The molecule has 1 aromatic carbocycles. The molecular formula is C22H33N3O4. The van der Waals surface area contributed by atoms with Crippen LogP contribution in [0.15, 0.2) is 30.3 Å². The quantitative estimate of drug-likeness (QED) is 0.705. The number of benzene rings is 1. The van der Waals surface area contributed by atoms with Crippen molar-refractivity contribution in [3.8, 4) is 0 Å². The molecule has 0 bridgehead atoms. The molecule has 0 aliphatic carbocycles. The summed E-state index contributed by atoms with van der Waals surface area (Å²) in [5.74, 6) is -1.12. The molecule has 2 atom stereocenters. The topological polar surface area (TPSA) is 102 Å². The maximum Gasteiger partial charge on any atom is 0.329 e. The number of nitrogens with zero attached hydrogens (tertiary/aromatic N) is 1. The van der Waals surface area contributed by atoms with Gasteiger partial charge in [0.25, 0.3) is 0 Å². The molecule has 1 aliphatic heterocycles. The minimum Gasteiger partial charge on any atom is -0.458 e. The van der Waals surface area contributed by atoms with Crippen molar-refractivity contribution in [1.29, 1.82) is 0 Å². The first-order valence-electron chi connectivity index (χ1n) is 10.1. The predicted octanol–water partition coefficient (Wildman–Crippen LogP) is 1.78. The number of carbonyl (C=O) groups excluding carboxylic acids is 3. The number of likely N-dealkylation sites (tertiary alicyclic amines) is 1. The predicted molar refractivity (Wildman–Crippen MR) is 111 cm³/mol. The van der Waals surface area contributed by atoms with Crippen LogP contribution in [0.25, 0.3) is 0 Å². The van der Waals surface area contributed by atoms with Crippen molar-refractivity contribution >= 4 is 17.8 Å². The smallest absolute Gasteiger partial charge is 0.329 e. The molecule has 7 nitrogen and oxygen atoms in total. The molecule has 0 aromatic heterocycles. The molecule has 1 heterocycles. The lowest BCUT2D eigenvalue weighted by Crippen LogP contribution is -2.58. The molecule has 1 saturated heterocycles. The summed E-state index contributed by atoms with van der Waals surface area (Å²) < 4.78 is 5.50. The summed E-state index contributed by atoms with van der Waals surface area (Å²) in [6, 6.07) is 8.00. The standard InChI is InChI=1S/C22H33N3O4/c1-21(2,3)29-19(27)17-12-9-13-25(17)18(26)16(24-20(28)22(4,5)23)14-15-10-7-6-8-11-15/h6-8,10-11,16-17H,9,12-14,23H2,1-5H3,(H,24,28)/t16?,17-/m1/s1. The third kappa shape index (κ3) is 6.56. The summed E-state index contributed by atoms with van der Waals surface area (Å²) in [7, 11) is 0. The number of esters is 1. The molecule has 0 radical (unpaired) electrons. The van der Waals surface area contributed by atoms with Crippen LogP contribution in [0.4, 0.5) is 0 Å². The van der Waals surface area contributed by atoms with Crippen LogP contribution in [0.3, 0.4) is 0 Å². The van der Waals surface area contributed by atoms with Gasteiger partial charge in [-0.05, 0) is 53.0 Å². The summed E-state index contributed by atoms with van der Waals surface area (Å²) in [4.78, 5) is 40.0. The first-order chi connectivity index (χ1) is 13.4. The zero-order valence-corrected chi connectivity index (χ0v) is 18.0. The van der Waals surface area contributed by atoms with Gasteiger partial charge in [-0.3, -0.25) is 9.59 Å². The Morgan fingerprint density at radius 2 is 1.79 bits per heavy atom. The van der Waals surface area contributed by atoms with E-state index in [4.69, 9.17) is 10.5 Å². The minimum atomic E-state index is -1.12. The average Bonchev–Trinajstić information content (AvgIpc) is 3.09. The van der Waals surface area contributed by atoms with E-state index in [2.05, 4.69) is 5.32 Å². The Labute approximate surface area is 173 Å². The van der Waals surface area contributed by atoms with Gasteiger partial charge in [-0.1, -0.05) is 30.3 Å². The lowest BCUT2D eigenvalue weighted by Gasteiger charge is -2.31. The summed E-state index contributed by atoms with van der Waals surface area (Å²) in [6.45, 7) is 9.03. The van der Waals surface area contributed by atoms with E-state index in [1.807, 2.05) is 30.3 Å². The number of nitrogens with one attached hydrogen (secondary N) is 1. The van der Waals surface area contributed by atoms with Crippen LogP contribution >= 0.6 is 0 Å². The fourth-order valence-electron chi connectivity index (χ4n) is 3.24. The van der Waals surface area contributed by atoms with E-state index in [9.17, 15) is 14.4 Å². The molecule has 7 heteroatoms. The number of amides is 2. The summed E-state index contributed by atoms with van der Waals surface area (Å²) in [5.41, 5.74) is 5.07. The second-order valence-corrected chi connectivity index (χ2v) is 9.16. The fraction of sp³-hybridized carbons (Fsp3) is 0.591. The Bertz CT molecular complexity index is 735. The molecule has 29 heavy (non-hydrogen) atoms. The third-order valence-corrected chi connectivity index (χ3v) is 4.69. The SMILES string of the molecule is CC(C)(C)OC(=O)[C@H]1CCCN1C(=O)C(Cc1ccccc1)NC(=O)C(C)(C)N. The van der Waals surface area contributed by atoms with Crippen molar-refractivity contribution in [2.24, 2.45) is 5.73 Å². The largest absolute Gasteiger partial charge is 0.458 e. The summed E-state index contributed by atoms with van der Waals surface area (Å²) >= 11 is 0. The van der Waals surface area contributed by atoms with E-state index < -0.39 is 35.1 Å². The Morgan fingerprint density at radius 1 is 1.17 bits per heavy atom. The molecular weight excluding hydrogens is 370 g/mol. The molecule has 0 spiro atoms.